The summed E-state index contributed by atoms with van der Waals surface area (Å²) in [6.45, 7) is 1.76. The Morgan fingerprint density at radius 1 is 1.09 bits per heavy atom. The number of benzene rings is 3. The molecule has 0 bridgehead atoms. The summed E-state index contributed by atoms with van der Waals surface area (Å²) in [5, 5.41) is 5.44. The minimum atomic E-state index is -0.293. The first-order chi connectivity index (χ1) is 15.5. The van der Waals surface area contributed by atoms with Crippen LogP contribution in [0.3, 0.4) is 0 Å². The van der Waals surface area contributed by atoms with Crippen molar-refractivity contribution in [3.05, 3.63) is 93.9 Å². The number of aromatic amines is 1. The smallest absolute Gasteiger partial charge is 0.255 e. The van der Waals surface area contributed by atoms with Crippen molar-refractivity contribution >= 4 is 34.1 Å². The number of aromatic nitrogens is 2. The molecule has 2 N–H and O–H groups in total. The van der Waals surface area contributed by atoms with Crippen LogP contribution < -0.4 is 15.6 Å². The van der Waals surface area contributed by atoms with Crippen molar-refractivity contribution in [3.8, 4) is 5.75 Å². The van der Waals surface area contributed by atoms with Crippen molar-refractivity contribution in [1.29, 1.82) is 0 Å². The molecule has 0 spiro atoms. The van der Waals surface area contributed by atoms with E-state index in [1.807, 2.05) is 66.7 Å². The highest BCUT2D eigenvalue weighted by Crippen LogP contribution is 2.24. The molecule has 1 heterocycles. The van der Waals surface area contributed by atoms with Crippen LogP contribution in [0.5, 0.6) is 5.75 Å². The maximum Gasteiger partial charge on any atom is 0.255 e. The van der Waals surface area contributed by atoms with Crippen molar-refractivity contribution < 1.29 is 9.53 Å². The first kappa shape index (κ1) is 21.6. The number of nitrogens with zero attached hydrogens (tertiary/aromatic N) is 1. The van der Waals surface area contributed by atoms with E-state index in [-0.39, 0.29) is 17.9 Å². The number of carbonyl (C=O) groups is 1. The summed E-state index contributed by atoms with van der Waals surface area (Å²) in [7, 11) is 1.63. The first-order valence-electron chi connectivity index (χ1n) is 10.2. The molecule has 0 fully saturated rings. The first-order valence-corrected chi connectivity index (χ1v) is 11.1. The van der Waals surface area contributed by atoms with E-state index in [1.165, 1.54) is 11.8 Å². The average Bonchev–Trinajstić information content (AvgIpc) is 2.80. The number of hydrogen-bond donors (Lipinski definition) is 2. The molecule has 1 amide bonds. The third-order valence-corrected chi connectivity index (χ3v) is 6.06. The van der Waals surface area contributed by atoms with E-state index in [2.05, 4.69) is 15.3 Å². The zero-order valence-corrected chi connectivity index (χ0v) is 18.7. The lowest BCUT2D eigenvalue weighted by molar-refractivity contribution is -0.115. The van der Waals surface area contributed by atoms with Crippen LogP contribution in [0, 0.1) is 6.92 Å². The Labute approximate surface area is 190 Å². The van der Waals surface area contributed by atoms with Crippen LogP contribution >= 0.6 is 11.8 Å². The lowest BCUT2D eigenvalue weighted by Gasteiger charge is -2.10. The van der Waals surface area contributed by atoms with Crippen molar-refractivity contribution in [2.75, 3.05) is 12.4 Å². The molecule has 6 nitrogen and oxygen atoms in total. The number of hydrogen-bond acceptors (Lipinski definition) is 5. The van der Waals surface area contributed by atoms with Gasteiger partial charge in [0.1, 0.15) is 5.75 Å². The van der Waals surface area contributed by atoms with Crippen molar-refractivity contribution in [3.63, 3.8) is 0 Å². The molecule has 4 rings (SSSR count). The highest BCUT2D eigenvalue weighted by molar-refractivity contribution is 7.98. The second-order valence-electron chi connectivity index (χ2n) is 7.33. The van der Waals surface area contributed by atoms with E-state index in [0.717, 1.165) is 27.8 Å². The molecule has 0 radical (unpaired) electrons. The molecule has 0 aliphatic heterocycles. The van der Waals surface area contributed by atoms with Crippen LogP contribution in [0.15, 0.2) is 76.7 Å². The van der Waals surface area contributed by atoms with Crippen molar-refractivity contribution in [1.82, 2.24) is 9.97 Å². The van der Waals surface area contributed by atoms with E-state index in [0.29, 0.717) is 22.2 Å². The third-order valence-electron chi connectivity index (χ3n) is 5.11. The number of ether oxygens (including phenoxy) is 1. The number of aryl methyl sites for hydroxylation is 1. The van der Waals surface area contributed by atoms with E-state index >= 15 is 0 Å². The molecule has 0 saturated heterocycles. The zero-order valence-electron chi connectivity index (χ0n) is 17.8. The van der Waals surface area contributed by atoms with Crippen LogP contribution in [0.4, 0.5) is 5.69 Å². The van der Waals surface area contributed by atoms with Crippen LogP contribution in [0.1, 0.15) is 16.8 Å². The molecule has 0 unspecified atom stereocenters. The van der Waals surface area contributed by atoms with Gasteiger partial charge in [-0.05, 0) is 36.1 Å². The zero-order chi connectivity index (χ0) is 22.5. The summed E-state index contributed by atoms with van der Waals surface area (Å²) in [6, 6.07) is 21.3. The predicted molar refractivity (Wildman–Crippen MR) is 128 cm³/mol. The van der Waals surface area contributed by atoms with E-state index < -0.39 is 0 Å². The minimum absolute atomic E-state index is 0.0434. The highest BCUT2D eigenvalue weighted by Gasteiger charge is 2.14. The quantitative estimate of drug-likeness (QED) is 0.318. The number of rotatable bonds is 7. The fourth-order valence-electron chi connectivity index (χ4n) is 3.46. The van der Waals surface area contributed by atoms with E-state index in [4.69, 9.17) is 4.74 Å². The Morgan fingerprint density at radius 2 is 1.88 bits per heavy atom. The monoisotopic (exact) mass is 445 g/mol. The summed E-state index contributed by atoms with van der Waals surface area (Å²) >= 11 is 1.43. The van der Waals surface area contributed by atoms with Gasteiger partial charge >= 0.3 is 0 Å². The van der Waals surface area contributed by atoms with Crippen molar-refractivity contribution in [2.24, 2.45) is 0 Å². The topological polar surface area (TPSA) is 84.1 Å². The molecule has 7 heteroatoms. The predicted octanol–water partition coefficient (Wildman–Crippen LogP) is 4.71. The van der Waals surface area contributed by atoms with E-state index in [9.17, 15) is 9.59 Å². The van der Waals surface area contributed by atoms with Gasteiger partial charge in [-0.25, -0.2) is 4.98 Å². The lowest BCUT2D eigenvalue weighted by atomic mass is 10.1. The molecular weight excluding hydrogens is 422 g/mol. The van der Waals surface area contributed by atoms with Gasteiger partial charge in [-0.1, -0.05) is 60.3 Å². The lowest BCUT2D eigenvalue weighted by Crippen LogP contribution is -2.23. The maximum absolute atomic E-state index is 12.7. The summed E-state index contributed by atoms with van der Waals surface area (Å²) in [5.41, 5.74) is 2.41. The maximum atomic E-state index is 12.7. The average molecular weight is 446 g/mol. The summed E-state index contributed by atoms with van der Waals surface area (Å²) in [6.07, 6.45) is -0.0434. The fourth-order valence-corrected chi connectivity index (χ4v) is 4.31. The number of fused-ring (bicyclic) bond motifs is 1. The molecule has 0 saturated carbocycles. The Bertz CT molecular complexity index is 1330. The molecule has 4 aromatic rings. The molecule has 0 aliphatic carbocycles. The number of methoxy groups -OCH3 is 1. The normalized spacial score (nSPS) is 10.8. The SMILES string of the molecule is COc1cccc(CSc2nc(C)c(CC(=O)Nc3cccc4ccccc34)c(=O)[nH]2)c1. The van der Waals surface area contributed by atoms with Gasteiger partial charge < -0.3 is 15.0 Å². The second-order valence-corrected chi connectivity index (χ2v) is 8.29. The Balaban J connectivity index is 1.46. The molecule has 32 heavy (non-hydrogen) atoms. The number of amides is 1. The third kappa shape index (κ3) is 5.00. The minimum Gasteiger partial charge on any atom is -0.497 e. The largest absolute Gasteiger partial charge is 0.497 e. The molecule has 1 aromatic heterocycles. The van der Waals surface area contributed by atoms with Crippen LogP contribution in [0.2, 0.25) is 0 Å². The standard InChI is InChI=1S/C25H23N3O3S/c1-16-21(14-23(29)27-22-12-6-9-18-8-3-4-11-20(18)22)24(30)28-25(26-16)32-15-17-7-5-10-19(13-17)31-2/h3-13H,14-15H2,1-2H3,(H,27,29)(H,26,28,30). The number of nitrogens with one attached hydrogen (secondary N) is 2. The second kappa shape index (κ2) is 9.70. The Morgan fingerprint density at radius 3 is 2.69 bits per heavy atom. The Kier molecular flexibility index (Phi) is 6.56. The van der Waals surface area contributed by atoms with Crippen LogP contribution in [-0.4, -0.2) is 23.0 Å². The van der Waals surface area contributed by atoms with Gasteiger partial charge in [0.15, 0.2) is 5.16 Å². The Hall–Kier alpha value is -3.58. The summed E-state index contributed by atoms with van der Waals surface area (Å²) in [4.78, 5) is 32.6. The molecular formula is C25H23N3O3S. The molecule has 3 aromatic carbocycles. The number of H-pyrrole nitrogens is 1. The molecule has 162 valence electrons. The summed E-state index contributed by atoms with van der Waals surface area (Å²) < 4.78 is 5.24. The molecule has 0 atom stereocenters. The fraction of sp³-hybridized carbons (Fsp3) is 0.160. The van der Waals surface area contributed by atoms with Crippen molar-refractivity contribution in [2.45, 2.75) is 24.3 Å². The van der Waals surface area contributed by atoms with Gasteiger partial charge in [-0.3, -0.25) is 9.59 Å². The number of anilines is 1. The van der Waals surface area contributed by atoms with Crippen LogP contribution in [-0.2, 0) is 17.0 Å². The van der Waals surface area contributed by atoms with Crippen LogP contribution in [0.25, 0.3) is 10.8 Å². The van der Waals surface area contributed by atoms with Gasteiger partial charge in [0, 0.05) is 28.1 Å². The summed E-state index contributed by atoms with van der Waals surface area (Å²) in [5.74, 6) is 1.17. The number of carbonyl (C=O) groups excluding carboxylic acids is 1. The van der Waals surface area contributed by atoms with Gasteiger partial charge in [0.2, 0.25) is 5.91 Å². The van der Waals surface area contributed by atoms with Gasteiger partial charge in [-0.2, -0.15) is 0 Å². The molecule has 0 aliphatic rings. The number of thioether (sulfide) groups is 1. The van der Waals surface area contributed by atoms with E-state index in [1.54, 1.807) is 14.0 Å². The van der Waals surface area contributed by atoms with Gasteiger partial charge in [0.05, 0.1) is 13.5 Å². The van der Waals surface area contributed by atoms with Gasteiger partial charge in [0.25, 0.3) is 5.56 Å². The van der Waals surface area contributed by atoms with Gasteiger partial charge in [-0.15, -0.1) is 0 Å². The highest BCUT2D eigenvalue weighted by atomic mass is 32.2.